The Hall–Kier alpha value is -2.67. The van der Waals surface area contributed by atoms with E-state index < -0.39 is 0 Å². The van der Waals surface area contributed by atoms with Crippen LogP contribution in [0, 0.1) is 0 Å². The topological polar surface area (TPSA) is 69.0 Å². The third-order valence-electron chi connectivity index (χ3n) is 4.91. The van der Waals surface area contributed by atoms with Gasteiger partial charge in [0.05, 0.1) is 12.7 Å². The minimum atomic E-state index is -0.206. The van der Waals surface area contributed by atoms with Crippen LogP contribution in [0.1, 0.15) is 35.4 Å². The van der Waals surface area contributed by atoms with Crippen LogP contribution in [-0.2, 0) is 13.0 Å². The predicted molar refractivity (Wildman–Crippen MR) is 112 cm³/mol. The summed E-state index contributed by atoms with van der Waals surface area (Å²) in [6.07, 6.45) is 4.48. The Labute approximate surface area is 172 Å². The zero-order valence-corrected chi connectivity index (χ0v) is 17.2. The first-order chi connectivity index (χ1) is 13.7. The molecule has 6 nitrogen and oxygen atoms in total. The Morgan fingerprint density at radius 1 is 1.14 bits per heavy atom. The zero-order valence-electron chi connectivity index (χ0n) is 15.6. The summed E-state index contributed by atoms with van der Waals surface area (Å²) in [5, 5.41) is 11.7. The zero-order chi connectivity index (χ0) is 19.5. The average Bonchev–Trinajstić information content (AvgIpc) is 2.97. The van der Waals surface area contributed by atoms with Gasteiger partial charge in [0.2, 0.25) is 0 Å². The minimum absolute atomic E-state index is 0.206. The number of ether oxygens (including phenoxy) is 1. The molecule has 0 spiro atoms. The SMILES string of the molecule is COc1ccc(Br)c(C(=O)Nc2cccc(-c3nnc4n3CCCCC4)c2)c1. The fraction of sp³-hybridized carbons (Fsp3) is 0.286. The second kappa shape index (κ2) is 8.14. The van der Waals surface area contributed by atoms with Crippen molar-refractivity contribution < 1.29 is 9.53 Å². The van der Waals surface area contributed by atoms with Crippen LogP contribution >= 0.6 is 15.9 Å². The lowest BCUT2D eigenvalue weighted by molar-refractivity contribution is 0.102. The van der Waals surface area contributed by atoms with E-state index in [1.54, 1.807) is 25.3 Å². The number of anilines is 1. The first kappa shape index (κ1) is 18.7. The van der Waals surface area contributed by atoms with Crippen molar-refractivity contribution in [3.8, 4) is 17.1 Å². The largest absolute Gasteiger partial charge is 0.497 e. The molecule has 0 radical (unpaired) electrons. The molecule has 0 aliphatic carbocycles. The molecule has 2 heterocycles. The molecule has 0 saturated carbocycles. The van der Waals surface area contributed by atoms with E-state index in [-0.39, 0.29) is 5.91 Å². The maximum atomic E-state index is 12.7. The molecule has 4 rings (SSSR count). The number of rotatable bonds is 4. The molecule has 144 valence electrons. The summed E-state index contributed by atoms with van der Waals surface area (Å²) in [5.41, 5.74) is 2.17. The minimum Gasteiger partial charge on any atom is -0.497 e. The summed E-state index contributed by atoms with van der Waals surface area (Å²) in [6, 6.07) is 13.0. The number of nitrogens with zero attached hydrogens (tertiary/aromatic N) is 3. The molecule has 28 heavy (non-hydrogen) atoms. The summed E-state index contributed by atoms with van der Waals surface area (Å²) >= 11 is 3.43. The van der Waals surface area contributed by atoms with Gasteiger partial charge in [0.1, 0.15) is 11.6 Å². The molecule has 1 aliphatic heterocycles. The fourth-order valence-electron chi connectivity index (χ4n) is 3.44. The molecule has 2 aromatic carbocycles. The quantitative estimate of drug-likeness (QED) is 0.638. The number of hydrogen-bond donors (Lipinski definition) is 1. The van der Waals surface area contributed by atoms with Crippen molar-refractivity contribution in [2.45, 2.75) is 32.2 Å². The molecule has 0 atom stereocenters. The molecular formula is C21H21BrN4O2. The summed E-state index contributed by atoms with van der Waals surface area (Å²) in [5.74, 6) is 2.33. The third kappa shape index (κ3) is 3.80. The highest BCUT2D eigenvalue weighted by Crippen LogP contribution is 2.27. The molecule has 0 fully saturated rings. The van der Waals surface area contributed by atoms with Crippen molar-refractivity contribution in [2.24, 2.45) is 0 Å². The van der Waals surface area contributed by atoms with Crippen molar-refractivity contribution in [3.63, 3.8) is 0 Å². The number of hydrogen-bond acceptors (Lipinski definition) is 4. The van der Waals surface area contributed by atoms with Crippen molar-refractivity contribution in [2.75, 3.05) is 12.4 Å². The highest BCUT2D eigenvalue weighted by molar-refractivity contribution is 9.10. The van der Waals surface area contributed by atoms with Crippen molar-refractivity contribution >= 4 is 27.5 Å². The van der Waals surface area contributed by atoms with Crippen molar-refractivity contribution in [1.82, 2.24) is 14.8 Å². The van der Waals surface area contributed by atoms with Crippen LogP contribution in [0.3, 0.4) is 0 Å². The molecule has 1 amide bonds. The number of nitrogens with one attached hydrogen (secondary N) is 1. The highest BCUT2D eigenvalue weighted by Gasteiger charge is 2.17. The predicted octanol–water partition coefficient (Wildman–Crippen LogP) is 4.69. The molecule has 3 aromatic rings. The molecule has 0 bridgehead atoms. The van der Waals surface area contributed by atoms with Crippen LogP contribution in [-0.4, -0.2) is 27.8 Å². The molecule has 0 saturated heterocycles. The summed E-state index contributed by atoms with van der Waals surface area (Å²) < 4.78 is 8.14. The number of carbonyl (C=O) groups is 1. The standard InChI is InChI=1S/C21H21BrN4O2/c1-28-16-9-10-18(22)17(13-16)21(27)23-15-7-5-6-14(12-15)20-25-24-19-8-3-2-4-11-26(19)20/h5-7,9-10,12-13H,2-4,8,11H2,1H3,(H,23,27). The lowest BCUT2D eigenvalue weighted by Crippen LogP contribution is -2.13. The Morgan fingerprint density at radius 2 is 2.04 bits per heavy atom. The number of fused-ring (bicyclic) bond motifs is 1. The third-order valence-corrected chi connectivity index (χ3v) is 5.60. The number of halogens is 1. The summed E-state index contributed by atoms with van der Waals surface area (Å²) in [6.45, 7) is 0.936. The van der Waals surface area contributed by atoms with E-state index in [1.165, 1.54) is 6.42 Å². The van der Waals surface area contributed by atoms with Crippen LogP contribution in [0.15, 0.2) is 46.9 Å². The molecule has 1 aromatic heterocycles. The van der Waals surface area contributed by atoms with E-state index in [2.05, 4.69) is 36.0 Å². The Morgan fingerprint density at radius 3 is 2.89 bits per heavy atom. The molecule has 1 aliphatic rings. The van der Waals surface area contributed by atoms with Gasteiger partial charge in [0.15, 0.2) is 5.82 Å². The van der Waals surface area contributed by atoms with Gasteiger partial charge in [-0.3, -0.25) is 4.79 Å². The second-order valence-corrected chi connectivity index (χ2v) is 7.64. The van der Waals surface area contributed by atoms with Crippen LogP contribution in [0.5, 0.6) is 5.75 Å². The van der Waals surface area contributed by atoms with Crippen LogP contribution < -0.4 is 10.1 Å². The summed E-state index contributed by atoms with van der Waals surface area (Å²) in [4.78, 5) is 12.7. The van der Waals surface area contributed by atoms with Crippen molar-refractivity contribution in [3.05, 3.63) is 58.3 Å². The van der Waals surface area contributed by atoms with E-state index in [4.69, 9.17) is 4.74 Å². The van der Waals surface area contributed by atoms with Gasteiger partial charge in [0, 0.05) is 28.7 Å². The molecular weight excluding hydrogens is 420 g/mol. The van der Waals surface area contributed by atoms with E-state index in [0.717, 1.165) is 43.0 Å². The van der Waals surface area contributed by atoms with Gasteiger partial charge < -0.3 is 14.6 Å². The fourth-order valence-corrected chi connectivity index (χ4v) is 3.87. The Bertz CT molecular complexity index is 1020. The number of methoxy groups -OCH3 is 1. The molecule has 0 unspecified atom stereocenters. The maximum absolute atomic E-state index is 12.7. The van der Waals surface area contributed by atoms with E-state index in [9.17, 15) is 4.79 Å². The van der Waals surface area contributed by atoms with Gasteiger partial charge in [-0.05, 0) is 59.1 Å². The van der Waals surface area contributed by atoms with Gasteiger partial charge in [0.25, 0.3) is 5.91 Å². The van der Waals surface area contributed by atoms with E-state index in [1.807, 2.05) is 24.3 Å². The monoisotopic (exact) mass is 440 g/mol. The number of carbonyl (C=O) groups excluding carboxylic acids is 1. The van der Waals surface area contributed by atoms with Gasteiger partial charge in [-0.2, -0.15) is 0 Å². The number of amides is 1. The first-order valence-electron chi connectivity index (χ1n) is 9.33. The van der Waals surface area contributed by atoms with Crippen LogP contribution in [0.2, 0.25) is 0 Å². The van der Waals surface area contributed by atoms with E-state index >= 15 is 0 Å². The molecule has 7 heteroatoms. The lowest BCUT2D eigenvalue weighted by atomic mass is 10.1. The van der Waals surface area contributed by atoms with Crippen molar-refractivity contribution in [1.29, 1.82) is 0 Å². The highest BCUT2D eigenvalue weighted by atomic mass is 79.9. The molecule has 1 N–H and O–H groups in total. The van der Waals surface area contributed by atoms with Gasteiger partial charge in [-0.25, -0.2) is 0 Å². The second-order valence-electron chi connectivity index (χ2n) is 6.78. The number of aryl methyl sites for hydroxylation is 1. The smallest absolute Gasteiger partial charge is 0.256 e. The van der Waals surface area contributed by atoms with Gasteiger partial charge >= 0.3 is 0 Å². The van der Waals surface area contributed by atoms with Crippen LogP contribution in [0.4, 0.5) is 5.69 Å². The normalized spacial score (nSPS) is 13.5. The van der Waals surface area contributed by atoms with Gasteiger partial charge in [-0.15, -0.1) is 10.2 Å². The lowest BCUT2D eigenvalue weighted by Gasteiger charge is -2.11. The van der Waals surface area contributed by atoms with E-state index in [0.29, 0.717) is 21.5 Å². The summed E-state index contributed by atoms with van der Waals surface area (Å²) in [7, 11) is 1.58. The van der Waals surface area contributed by atoms with Crippen LogP contribution in [0.25, 0.3) is 11.4 Å². The maximum Gasteiger partial charge on any atom is 0.256 e. The number of benzene rings is 2. The van der Waals surface area contributed by atoms with Gasteiger partial charge in [-0.1, -0.05) is 18.6 Å². The first-order valence-corrected chi connectivity index (χ1v) is 10.1. The Balaban J connectivity index is 1.60. The number of aromatic nitrogens is 3. The average molecular weight is 441 g/mol. The Kier molecular flexibility index (Phi) is 5.43.